The van der Waals surface area contributed by atoms with Crippen molar-refractivity contribution in [3.05, 3.63) is 34.4 Å². The van der Waals surface area contributed by atoms with Crippen LogP contribution < -0.4 is 5.32 Å². The minimum atomic E-state index is -0.862. The lowest BCUT2D eigenvalue weighted by Crippen LogP contribution is -2.20. The van der Waals surface area contributed by atoms with Crippen LogP contribution in [0.1, 0.15) is 18.9 Å². The summed E-state index contributed by atoms with van der Waals surface area (Å²) in [6.45, 7) is 1.78. The minimum Gasteiger partial charge on any atom is -0.355 e. The van der Waals surface area contributed by atoms with Crippen LogP contribution >= 0.6 is 11.6 Å². The van der Waals surface area contributed by atoms with Crippen molar-refractivity contribution in [1.29, 1.82) is 0 Å². The number of hydrogen-bond acceptors (Lipinski definition) is 1. The summed E-state index contributed by atoms with van der Waals surface area (Å²) >= 11 is 5.39. The van der Waals surface area contributed by atoms with Gasteiger partial charge in [0.2, 0.25) is 5.91 Å². The summed E-state index contributed by atoms with van der Waals surface area (Å²) in [6, 6.07) is 2.28. The van der Waals surface area contributed by atoms with Crippen molar-refractivity contribution >= 4 is 17.5 Å². The molecule has 0 aliphatic rings. The summed E-state index contributed by atoms with van der Waals surface area (Å²) in [5, 5.41) is 1.99. The Hall–Kier alpha value is -1.60. The number of hydrogen-bond donors (Lipinski definition) is 1. The Morgan fingerprint density at radius 2 is 2.18 bits per heavy atom. The molecular weight excluding hydrogens is 248 g/mol. The predicted molar refractivity (Wildman–Crippen MR) is 61.5 cm³/mol. The van der Waals surface area contributed by atoms with E-state index in [4.69, 9.17) is 11.6 Å². The molecule has 17 heavy (non-hydrogen) atoms. The molecule has 0 unspecified atom stereocenters. The average Bonchev–Trinajstić information content (AvgIpc) is 2.28. The Labute approximate surface area is 103 Å². The Morgan fingerprint density at radius 3 is 2.82 bits per heavy atom. The molecule has 0 aliphatic heterocycles. The van der Waals surface area contributed by atoms with E-state index < -0.39 is 16.7 Å². The molecule has 2 nitrogen and oxygen atoms in total. The van der Waals surface area contributed by atoms with Gasteiger partial charge in [-0.1, -0.05) is 23.4 Å². The van der Waals surface area contributed by atoms with E-state index in [9.17, 15) is 13.6 Å². The maximum Gasteiger partial charge on any atom is 0.216 e. The van der Waals surface area contributed by atoms with Crippen molar-refractivity contribution in [1.82, 2.24) is 5.32 Å². The first-order valence-corrected chi connectivity index (χ1v) is 5.27. The van der Waals surface area contributed by atoms with Crippen LogP contribution in [-0.2, 0) is 4.79 Å². The fraction of sp³-hybridized carbons (Fsp3) is 0.250. The molecule has 0 spiro atoms. The smallest absolute Gasteiger partial charge is 0.216 e. The van der Waals surface area contributed by atoms with Crippen LogP contribution in [0.25, 0.3) is 0 Å². The van der Waals surface area contributed by atoms with E-state index in [-0.39, 0.29) is 11.5 Å². The van der Waals surface area contributed by atoms with Crippen LogP contribution in [0.5, 0.6) is 0 Å². The average molecular weight is 258 g/mol. The fourth-order valence-corrected chi connectivity index (χ4v) is 1.25. The predicted octanol–water partition coefficient (Wildman–Crippen LogP) is 2.50. The molecule has 0 aromatic heterocycles. The molecule has 0 bridgehead atoms. The highest BCUT2D eigenvalue weighted by atomic mass is 35.5. The van der Waals surface area contributed by atoms with Gasteiger partial charge in [-0.05, 0) is 12.1 Å². The van der Waals surface area contributed by atoms with Crippen LogP contribution in [0.15, 0.2) is 12.1 Å². The molecule has 5 heteroatoms. The van der Waals surface area contributed by atoms with Gasteiger partial charge in [0.25, 0.3) is 0 Å². The lowest BCUT2D eigenvalue weighted by Gasteiger charge is -1.98. The van der Waals surface area contributed by atoms with E-state index in [1.54, 1.807) is 0 Å². The molecule has 1 N–H and O–H groups in total. The second-order valence-corrected chi connectivity index (χ2v) is 3.64. The van der Waals surface area contributed by atoms with Crippen LogP contribution in [0, 0.1) is 23.5 Å². The minimum absolute atomic E-state index is 0.0409. The third kappa shape index (κ3) is 4.04. The van der Waals surface area contributed by atoms with Crippen molar-refractivity contribution < 1.29 is 13.6 Å². The van der Waals surface area contributed by atoms with Gasteiger partial charge in [-0.15, -0.1) is 0 Å². The number of carbonyl (C=O) groups is 1. The summed E-state index contributed by atoms with van der Waals surface area (Å²) in [5.41, 5.74) is 0.0409. The number of carbonyl (C=O) groups excluding carboxylic acids is 1. The first-order valence-electron chi connectivity index (χ1n) is 4.89. The molecule has 0 saturated carbocycles. The van der Waals surface area contributed by atoms with Crippen LogP contribution in [0.2, 0.25) is 5.02 Å². The highest BCUT2D eigenvalue weighted by molar-refractivity contribution is 6.31. The Bertz CT molecular complexity index is 491. The molecule has 0 fully saturated rings. The maximum atomic E-state index is 13.4. The lowest BCUT2D eigenvalue weighted by atomic mass is 10.2. The number of nitrogens with one attached hydrogen (secondary N) is 1. The summed E-state index contributed by atoms with van der Waals surface area (Å²) in [5.74, 6) is 3.36. The zero-order valence-corrected chi connectivity index (χ0v) is 9.87. The van der Waals surface area contributed by atoms with Crippen LogP contribution in [-0.4, -0.2) is 12.5 Å². The number of halogens is 3. The molecule has 1 rings (SSSR count). The summed E-state index contributed by atoms with van der Waals surface area (Å²) < 4.78 is 26.2. The topological polar surface area (TPSA) is 29.1 Å². The summed E-state index contributed by atoms with van der Waals surface area (Å²) in [7, 11) is 0. The van der Waals surface area contributed by atoms with Gasteiger partial charge in [0, 0.05) is 19.9 Å². The Balaban J connectivity index is 2.66. The molecule has 1 amide bonds. The van der Waals surface area contributed by atoms with Gasteiger partial charge < -0.3 is 5.32 Å². The van der Waals surface area contributed by atoms with Crippen molar-refractivity contribution in [2.24, 2.45) is 0 Å². The van der Waals surface area contributed by atoms with Crippen LogP contribution in [0.4, 0.5) is 8.78 Å². The van der Waals surface area contributed by atoms with E-state index in [1.165, 1.54) is 13.0 Å². The van der Waals surface area contributed by atoms with E-state index >= 15 is 0 Å². The quantitative estimate of drug-likeness (QED) is 0.492. The number of amides is 1. The molecule has 0 radical (unpaired) electrons. The third-order valence-corrected chi connectivity index (χ3v) is 2.23. The van der Waals surface area contributed by atoms with E-state index in [1.807, 2.05) is 0 Å². The van der Waals surface area contributed by atoms with Gasteiger partial charge in [0.1, 0.15) is 10.8 Å². The molecule has 0 aliphatic carbocycles. The Kier molecular flexibility index (Phi) is 4.92. The first-order chi connectivity index (χ1) is 8.02. The standard InChI is InChI=1S/C12H10ClF2NO/c1-8(17)16-7-3-2-4-9-5-6-10(14)11(13)12(9)15/h5-6H,3,7H2,1H3,(H,16,17). The van der Waals surface area contributed by atoms with Crippen molar-refractivity contribution in [2.75, 3.05) is 6.54 Å². The second-order valence-electron chi connectivity index (χ2n) is 3.26. The van der Waals surface area contributed by atoms with E-state index in [0.717, 1.165) is 6.07 Å². The zero-order chi connectivity index (χ0) is 12.8. The summed E-state index contributed by atoms with van der Waals surface area (Å²) in [4.78, 5) is 10.5. The van der Waals surface area contributed by atoms with Gasteiger partial charge in [0.05, 0.1) is 5.56 Å². The van der Waals surface area contributed by atoms with Gasteiger partial charge in [-0.25, -0.2) is 8.78 Å². The van der Waals surface area contributed by atoms with Crippen molar-refractivity contribution in [2.45, 2.75) is 13.3 Å². The molecular formula is C12H10ClF2NO. The SMILES string of the molecule is CC(=O)NCCC#Cc1ccc(F)c(Cl)c1F. The molecule has 90 valence electrons. The molecule has 0 atom stereocenters. The zero-order valence-electron chi connectivity index (χ0n) is 9.11. The molecule has 1 aromatic carbocycles. The number of rotatable bonds is 2. The summed E-state index contributed by atoms with van der Waals surface area (Å²) in [6.07, 6.45) is 0.383. The number of benzene rings is 1. The maximum absolute atomic E-state index is 13.4. The third-order valence-electron chi connectivity index (χ3n) is 1.88. The largest absolute Gasteiger partial charge is 0.355 e. The normalized spacial score (nSPS) is 9.41. The van der Waals surface area contributed by atoms with E-state index in [2.05, 4.69) is 17.2 Å². The van der Waals surface area contributed by atoms with Crippen LogP contribution in [0.3, 0.4) is 0 Å². The molecule has 0 saturated heterocycles. The van der Waals surface area contributed by atoms with Gasteiger partial charge in [-0.2, -0.15) is 0 Å². The molecule has 0 heterocycles. The van der Waals surface area contributed by atoms with Crippen molar-refractivity contribution in [3.63, 3.8) is 0 Å². The Morgan fingerprint density at radius 1 is 1.47 bits per heavy atom. The van der Waals surface area contributed by atoms with Gasteiger partial charge in [0.15, 0.2) is 5.82 Å². The lowest BCUT2D eigenvalue weighted by molar-refractivity contribution is -0.118. The highest BCUT2D eigenvalue weighted by Gasteiger charge is 2.09. The van der Waals surface area contributed by atoms with E-state index in [0.29, 0.717) is 13.0 Å². The second kappa shape index (κ2) is 6.21. The van der Waals surface area contributed by atoms with Crippen molar-refractivity contribution in [3.8, 4) is 11.8 Å². The monoisotopic (exact) mass is 257 g/mol. The molecule has 1 aromatic rings. The first kappa shape index (κ1) is 13.5. The van der Waals surface area contributed by atoms with Gasteiger partial charge in [-0.3, -0.25) is 4.79 Å². The highest BCUT2D eigenvalue weighted by Crippen LogP contribution is 2.21. The fourth-order valence-electron chi connectivity index (χ4n) is 1.08. The van der Waals surface area contributed by atoms with Gasteiger partial charge >= 0.3 is 0 Å².